The Bertz CT molecular complexity index is 62.0. The number of hydrogen-bond acceptors (Lipinski definition) is 4. The fourth-order valence-corrected chi connectivity index (χ4v) is 1.08. The zero-order chi connectivity index (χ0) is 5.28. The standard InChI is InChI=1S/C3H6NO2S/c5-3-4(6)1-2-7-3/h5-6H,1-2H2. The molecule has 3 nitrogen and oxygen atoms in total. The van der Waals surface area contributed by atoms with Crippen molar-refractivity contribution < 1.29 is 10.3 Å². The lowest BCUT2D eigenvalue weighted by Crippen LogP contribution is -2.16. The zero-order valence-corrected chi connectivity index (χ0v) is 4.48. The highest BCUT2D eigenvalue weighted by Gasteiger charge is 2.21. The van der Waals surface area contributed by atoms with Crippen LogP contribution in [0.15, 0.2) is 0 Å². The fourth-order valence-electron chi connectivity index (χ4n) is 0.394. The summed E-state index contributed by atoms with van der Waals surface area (Å²) >= 11 is 1.25. The molecule has 0 atom stereocenters. The second-order valence-corrected chi connectivity index (χ2v) is 2.32. The molecule has 0 spiro atoms. The summed E-state index contributed by atoms with van der Waals surface area (Å²) in [6.07, 6.45) is 0. The Hall–Kier alpha value is 0.230. The molecule has 1 saturated heterocycles. The van der Waals surface area contributed by atoms with Crippen LogP contribution in [0.2, 0.25) is 0 Å². The number of aliphatic hydroxyl groups excluding tert-OH is 1. The zero-order valence-electron chi connectivity index (χ0n) is 3.66. The summed E-state index contributed by atoms with van der Waals surface area (Å²) in [6, 6.07) is 0. The minimum absolute atomic E-state index is 0.0139. The van der Waals surface area contributed by atoms with Crippen LogP contribution < -0.4 is 0 Å². The molecule has 1 radical (unpaired) electrons. The van der Waals surface area contributed by atoms with Crippen LogP contribution in [0.4, 0.5) is 0 Å². The Morgan fingerprint density at radius 3 is 2.57 bits per heavy atom. The molecule has 1 heterocycles. The minimum atomic E-state index is 0.0139. The molecule has 7 heavy (non-hydrogen) atoms. The molecule has 0 aromatic carbocycles. The third-order valence-corrected chi connectivity index (χ3v) is 1.61. The third-order valence-electron chi connectivity index (χ3n) is 0.755. The largest absolute Gasteiger partial charge is 0.361 e. The summed E-state index contributed by atoms with van der Waals surface area (Å²) in [7, 11) is 0. The van der Waals surface area contributed by atoms with Crippen LogP contribution in [0.3, 0.4) is 0 Å². The Labute approximate surface area is 45.9 Å². The summed E-state index contributed by atoms with van der Waals surface area (Å²) in [5.74, 6) is 0.780. The van der Waals surface area contributed by atoms with E-state index in [4.69, 9.17) is 10.3 Å². The summed E-state index contributed by atoms with van der Waals surface area (Å²) in [5.41, 5.74) is 0.0139. The van der Waals surface area contributed by atoms with Crippen molar-refractivity contribution in [2.45, 2.75) is 0 Å². The molecule has 1 rings (SSSR count). The predicted octanol–water partition coefficient (Wildman–Crippen LogP) is 0.244. The summed E-state index contributed by atoms with van der Waals surface area (Å²) in [5, 5.41) is 17.9. The van der Waals surface area contributed by atoms with Gasteiger partial charge >= 0.3 is 0 Å². The lowest BCUT2D eigenvalue weighted by Gasteiger charge is -2.05. The van der Waals surface area contributed by atoms with Crippen LogP contribution in [-0.2, 0) is 0 Å². The van der Waals surface area contributed by atoms with E-state index >= 15 is 0 Å². The smallest absolute Gasteiger partial charge is 0.245 e. The van der Waals surface area contributed by atoms with E-state index in [0.717, 1.165) is 10.8 Å². The monoisotopic (exact) mass is 120 g/mol. The van der Waals surface area contributed by atoms with Gasteiger partial charge < -0.3 is 10.3 Å². The minimum Gasteiger partial charge on any atom is -0.361 e. The highest BCUT2D eigenvalue weighted by Crippen LogP contribution is 2.24. The normalized spacial score (nSPS) is 26.6. The first-order valence-corrected chi connectivity index (χ1v) is 2.94. The second-order valence-electron chi connectivity index (χ2n) is 1.25. The molecule has 0 aromatic heterocycles. The second kappa shape index (κ2) is 2.00. The molecular weight excluding hydrogens is 114 g/mol. The number of aliphatic hydroxyl groups is 1. The van der Waals surface area contributed by atoms with Crippen molar-refractivity contribution in [1.82, 2.24) is 5.06 Å². The maximum absolute atomic E-state index is 8.55. The molecule has 0 aromatic rings. The van der Waals surface area contributed by atoms with Crippen molar-refractivity contribution >= 4 is 11.8 Å². The van der Waals surface area contributed by atoms with Gasteiger partial charge in [0.05, 0.1) is 0 Å². The molecule has 0 bridgehead atoms. The topological polar surface area (TPSA) is 43.7 Å². The number of hydroxylamine groups is 2. The Balaban J connectivity index is 2.33. The fraction of sp³-hybridized carbons (Fsp3) is 0.667. The average Bonchev–Trinajstić information content (AvgIpc) is 1.91. The molecule has 0 amide bonds. The van der Waals surface area contributed by atoms with Gasteiger partial charge in [-0.05, 0) is 0 Å². The van der Waals surface area contributed by atoms with Gasteiger partial charge in [0.1, 0.15) is 0 Å². The van der Waals surface area contributed by atoms with Crippen LogP contribution in [-0.4, -0.2) is 27.7 Å². The van der Waals surface area contributed by atoms with E-state index < -0.39 is 0 Å². The first kappa shape index (κ1) is 5.37. The number of hydrogen-bond donors (Lipinski definition) is 2. The van der Waals surface area contributed by atoms with E-state index in [-0.39, 0.29) is 5.56 Å². The van der Waals surface area contributed by atoms with Crippen molar-refractivity contribution in [2.75, 3.05) is 12.3 Å². The Morgan fingerprint density at radius 2 is 2.43 bits per heavy atom. The molecule has 0 saturated carbocycles. The molecule has 1 aliphatic rings. The van der Waals surface area contributed by atoms with Gasteiger partial charge in [-0.1, -0.05) is 0 Å². The van der Waals surface area contributed by atoms with Crippen molar-refractivity contribution in [1.29, 1.82) is 0 Å². The number of thioether (sulfide) groups is 1. The molecule has 41 valence electrons. The molecular formula is C3H6NO2S. The van der Waals surface area contributed by atoms with E-state index in [1.165, 1.54) is 11.8 Å². The lowest BCUT2D eigenvalue weighted by atomic mass is 10.7. The van der Waals surface area contributed by atoms with Gasteiger partial charge in [-0.2, -0.15) is 0 Å². The van der Waals surface area contributed by atoms with Crippen molar-refractivity contribution in [3.05, 3.63) is 5.56 Å². The number of rotatable bonds is 0. The molecule has 0 aliphatic carbocycles. The number of nitrogens with zero attached hydrogens (tertiary/aromatic N) is 1. The highest BCUT2D eigenvalue weighted by molar-refractivity contribution is 8.02. The van der Waals surface area contributed by atoms with Crippen LogP contribution in [0, 0.1) is 5.56 Å². The summed E-state index contributed by atoms with van der Waals surface area (Å²) < 4.78 is 0. The SMILES string of the molecule is O[C]1SCCN1O. The summed E-state index contributed by atoms with van der Waals surface area (Å²) in [6.45, 7) is 0.538. The van der Waals surface area contributed by atoms with Gasteiger partial charge in [0.15, 0.2) is 0 Å². The van der Waals surface area contributed by atoms with Gasteiger partial charge in [-0.15, -0.1) is 16.8 Å². The third kappa shape index (κ3) is 1.07. The van der Waals surface area contributed by atoms with Crippen LogP contribution in [0.1, 0.15) is 0 Å². The quantitative estimate of drug-likeness (QED) is 0.480. The van der Waals surface area contributed by atoms with Crippen molar-refractivity contribution in [3.63, 3.8) is 0 Å². The molecule has 2 N–H and O–H groups in total. The first-order valence-electron chi connectivity index (χ1n) is 1.96. The van der Waals surface area contributed by atoms with Gasteiger partial charge in [-0.25, -0.2) is 0 Å². The molecule has 1 aliphatic heterocycles. The Kier molecular flexibility index (Phi) is 1.53. The highest BCUT2D eigenvalue weighted by atomic mass is 32.2. The van der Waals surface area contributed by atoms with Crippen LogP contribution >= 0.6 is 11.8 Å². The van der Waals surface area contributed by atoms with Gasteiger partial charge in [0.25, 0.3) is 0 Å². The van der Waals surface area contributed by atoms with Crippen LogP contribution in [0.25, 0.3) is 0 Å². The van der Waals surface area contributed by atoms with Crippen LogP contribution in [0.5, 0.6) is 0 Å². The first-order chi connectivity index (χ1) is 3.30. The Morgan fingerprint density at radius 1 is 1.71 bits per heavy atom. The van der Waals surface area contributed by atoms with Gasteiger partial charge in [-0.3, -0.25) is 0 Å². The maximum atomic E-state index is 8.55. The lowest BCUT2D eigenvalue weighted by molar-refractivity contribution is -0.0990. The van der Waals surface area contributed by atoms with E-state index in [9.17, 15) is 0 Å². The molecule has 0 unspecified atom stereocenters. The van der Waals surface area contributed by atoms with Gasteiger partial charge in [0.2, 0.25) is 5.56 Å². The summed E-state index contributed by atoms with van der Waals surface area (Å²) in [4.78, 5) is 0. The van der Waals surface area contributed by atoms with Crippen molar-refractivity contribution in [2.24, 2.45) is 0 Å². The van der Waals surface area contributed by atoms with E-state index in [2.05, 4.69) is 0 Å². The predicted molar refractivity (Wildman–Crippen MR) is 26.1 cm³/mol. The van der Waals surface area contributed by atoms with E-state index in [0.29, 0.717) is 6.54 Å². The maximum Gasteiger partial charge on any atom is 0.245 e. The van der Waals surface area contributed by atoms with E-state index in [1.54, 1.807) is 0 Å². The average molecular weight is 120 g/mol. The van der Waals surface area contributed by atoms with Crippen molar-refractivity contribution in [3.8, 4) is 0 Å². The molecule has 4 heteroatoms. The van der Waals surface area contributed by atoms with Gasteiger partial charge in [0, 0.05) is 12.3 Å². The molecule has 1 fully saturated rings. The van der Waals surface area contributed by atoms with E-state index in [1.807, 2.05) is 0 Å².